The summed E-state index contributed by atoms with van der Waals surface area (Å²) in [6, 6.07) is 11.2. The molecular weight excluding hydrogens is 549 g/mol. The minimum atomic E-state index is -3.65. The molecule has 0 unspecified atom stereocenters. The molecule has 8 nitrogen and oxygen atoms in total. The average Bonchev–Trinajstić information content (AvgIpc) is 2.86. The van der Waals surface area contributed by atoms with Crippen LogP contribution < -0.4 is 14.4 Å². The zero-order valence-corrected chi connectivity index (χ0v) is 24.7. The van der Waals surface area contributed by atoms with Gasteiger partial charge in [0.25, 0.3) is 0 Å². The third kappa shape index (κ3) is 9.06. The maximum Gasteiger partial charge on any atom is 0.242 e. The lowest BCUT2D eigenvalue weighted by atomic mass is 10.1. The number of halogens is 2. The minimum Gasteiger partial charge on any atom is -0.492 e. The number of benzene rings is 2. The summed E-state index contributed by atoms with van der Waals surface area (Å²) in [5, 5.41) is 3.74. The summed E-state index contributed by atoms with van der Waals surface area (Å²) < 4.78 is 32.2. The number of anilines is 1. The van der Waals surface area contributed by atoms with Crippen molar-refractivity contribution < 1.29 is 22.7 Å². The van der Waals surface area contributed by atoms with Gasteiger partial charge in [0.2, 0.25) is 21.8 Å². The largest absolute Gasteiger partial charge is 0.492 e. The number of hydrogen-bond acceptors (Lipinski definition) is 5. The van der Waals surface area contributed by atoms with Crippen LogP contribution in [-0.2, 0) is 26.2 Å². The summed E-state index contributed by atoms with van der Waals surface area (Å²) in [6.07, 6.45) is 2.57. The second-order valence-electron chi connectivity index (χ2n) is 8.81. The normalized spacial score (nSPS) is 12.1. The fourth-order valence-corrected chi connectivity index (χ4v) is 5.48. The van der Waals surface area contributed by atoms with Crippen LogP contribution in [0.4, 0.5) is 5.69 Å². The first-order valence-corrected chi connectivity index (χ1v) is 15.3. The predicted octanol–water partition coefficient (Wildman–Crippen LogP) is 5.27. The Labute approximate surface area is 236 Å². The number of rotatable bonds is 15. The quantitative estimate of drug-likeness (QED) is 0.307. The fraction of sp³-hybridized carbons (Fsp3) is 0.481. The fourth-order valence-electron chi connectivity index (χ4n) is 4.04. The van der Waals surface area contributed by atoms with E-state index in [9.17, 15) is 18.0 Å². The lowest BCUT2D eigenvalue weighted by Gasteiger charge is -2.31. The van der Waals surface area contributed by atoms with Gasteiger partial charge in [-0.3, -0.25) is 13.9 Å². The van der Waals surface area contributed by atoms with Crippen LogP contribution in [0.15, 0.2) is 42.5 Å². The van der Waals surface area contributed by atoms with Crippen LogP contribution in [0, 0.1) is 0 Å². The highest BCUT2D eigenvalue weighted by atomic mass is 35.5. The molecule has 1 atom stereocenters. The van der Waals surface area contributed by atoms with Gasteiger partial charge in [0, 0.05) is 36.1 Å². The van der Waals surface area contributed by atoms with Gasteiger partial charge in [-0.15, -0.1) is 0 Å². The number of nitrogens with zero attached hydrogens (tertiary/aromatic N) is 2. The molecular formula is C27H37Cl2N3O5S. The van der Waals surface area contributed by atoms with E-state index in [0.29, 0.717) is 46.6 Å². The van der Waals surface area contributed by atoms with E-state index in [0.717, 1.165) is 12.7 Å². The van der Waals surface area contributed by atoms with Crippen molar-refractivity contribution in [3.8, 4) is 5.75 Å². The third-order valence-corrected chi connectivity index (χ3v) is 7.64. The van der Waals surface area contributed by atoms with E-state index in [2.05, 4.69) is 5.32 Å². The molecule has 0 saturated heterocycles. The van der Waals surface area contributed by atoms with Gasteiger partial charge in [-0.1, -0.05) is 55.2 Å². The third-order valence-electron chi connectivity index (χ3n) is 5.88. The maximum atomic E-state index is 13.5. The molecule has 0 aromatic heterocycles. The van der Waals surface area contributed by atoms with E-state index in [-0.39, 0.29) is 37.7 Å². The van der Waals surface area contributed by atoms with Gasteiger partial charge in [-0.25, -0.2) is 8.42 Å². The Morgan fingerprint density at radius 1 is 1.08 bits per heavy atom. The summed E-state index contributed by atoms with van der Waals surface area (Å²) in [5.41, 5.74) is 1.08. The van der Waals surface area contributed by atoms with E-state index >= 15 is 0 Å². The smallest absolute Gasteiger partial charge is 0.242 e. The van der Waals surface area contributed by atoms with E-state index in [1.807, 2.05) is 20.8 Å². The molecule has 210 valence electrons. The average molecular weight is 587 g/mol. The second-order valence-corrected chi connectivity index (χ2v) is 11.6. The van der Waals surface area contributed by atoms with Gasteiger partial charge >= 0.3 is 0 Å². The topological polar surface area (TPSA) is 96.0 Å². The van der Waals surface area contributed by atoms with Crippen molar-refractivity contribution in [2.24, 2.45) is 0 Å². The van der Waals surface area contributed by atoms with Crippen LogP contribution in [0.2, 0.25) is 10.0 Å². The Hall–Kier alpha value is -2.49. The number of ether oxygens (including phenoxy) is 1. The van der Waals surface area contributed by atoms with Crippen LogP contribution in [0.5, 0.6) is 5.75 Å². The molecule has 38 heavy (non-hydrogen) atoms. The lowest BCUT2D eigenvalue weighted by molar-refractivity contribution is -0.141. The van der Waals surface area contributed by atoms with Crippen LogP contribution in [0.3, 0.4) is 0 Å². The van der Waals surface area contributed by atoms with Crippen molar-refractivity contribution in [3.63, 3.8) is 0 Å². The lowest BCUT2D eigenvalue weighted by Crippen LogP contribution is -2.49. The number of amides is 2. The van der Waals surface area contributed by atoms with E-state index in [4.69, 9.17) is 27.9 Å². The molecule has 1 N–H and O–H groups in total. The molecule has 0 aliphatic rings. The summed E-state index contributed by atoms with van der Waals surface area (Å²) in [7, 11) is -3.65. The molecule has 0 spiro atoms. The zero-order chi connectivity index (χ0) is 28.3. The Bertz CT molecular complexity index is 1190. The number of sulfonamides is 1. The van der Waals surface area contributed by atoms with Gasteiger partial charge in [0.15, 0.2) is 0 Å². The molecule has 2 rings (SSSR count). The first kappa shape index (κ1) is 31.7. The van der Waals surface area contributed by atoms with Crippen LogP contribution in [0.25, 0.3) is 0 Å². The molecule has 0 radical (unpaired) electrons. The SMILES string of the molecule is CCCNC(=O)[C@@H](CC)N(Cc1ccc(Cl)cc1Cl)C(=O)CCCN(c1ccccc1OCC)S(C)(=O)=O. The summed E-state index contributed by atoms with van der Waals surface area (Å²) in [6.45, 7) is 6.70. The molecule has 0 aliphatic carbocycles. The molecule has 0 bridgehead atoms. The number of nitrogens with one attached hydrogen (secondary N) is 1. The van der Waals surface area contributed by atoms with Gasteiger partial charge in [-0.2, -0.15) is 0 Å². The highest BCUT2D eigenvalue weighted by molar-refractivity contribution is 7.92. The van der Waals surface area contributed by atoms with E-state index in [1.54, 1.807) is 42.5 Å². The van der Waals surface area contributed by atoms with Crippen molar-refractivity contribution in [3.05, 3.63) is 58.1 Å². The monoisotopic (exact) mass is 585 g/mol. The highest BCUT2D eigenvalue weighted by Gasteiger charge is 2.29. The summed E-state index contributed by atoms with van der Waals surface area (Å²) in [4.78, 5) is 28.0. The number of para-hydroxylation sites is 2. The van der Waals surface area contributed by atoms with Gasteiger partial charge in [0.05, 0.1) is 18.6 Å². The molecule has 11 heteroatoms. The Morgan fingerprint density at radius 2 is 1.79 bits per heavy atom. The Kier molecular flexibility index (Phi) is 12.7. The standard InChI is InChI=1S/C27H37Cl2N3O5S/c1-5-16-30-27(34)23(6-2)31(19-20-14-15-21(28)18-22(20)29)26(33)13-10-17-32(38(4,35)36)24-11-8-9-12-25(24)37-7-3/h8-9,11-12,14-15,18,23H,5-7,10,13,16-17,19H2,1-4H3,(H,30,34)/t23-/m1/s1. The molecule has 0 heterocycles. The predicted molar refractivity (Wildman–Crippen MR) is 153 cm³/mol. The number of carbonyl (C=O) groups is 2. The van der Waals surface area contributed by atoms with Crippen molar-refractivity contribution >= 4 is 50.7 Å². The van der Waals surface area contributed by atoms with Crippen molar-refractivity contribution in [2.75, 3.05) is 30.3 Å². The van der Waals surface area contributed by atoms with Crippen molar-refractivity contribution in [1.29, 1.82) is 0 Å². The minimum absolute atomic E-state index is 0.0333. The second kappa shape index (κ2) is 15.2. The number of hydrogen-bond donors (Lipinski definition) is 1. The molecule has 0 saturated carbocycles. The van der Waals surface area contributed by atoms with Crippen molar-refractivity contribution in [2.45, 2.75) is 59.0 Å². The van der Waals surface area contributed by atoms with Crippen molar-refractivity contribution in [1.82, 2.24) is 10.2 Å². The molecule has 0 fully saturated rings. The van der Waals surface area contributed by atoms with Crippen LogP contribution >= 0.6 is 23.2 Å². The Morgan fingerprint density at radius 3 is 2.39 bits per heavy atom. The van der Waals surface area contributed by atoms with E-state index in [1.165, 1.54) is 9.21 Å². The summed E-state index contributed by atoms with van der Waals surface area (Å²) >= 11 is 12.4. The molecule has 2 aromatic rings. The zero-order valence-electron chi connectivity index (χ0n) is 22.4. The molecule has 2 amide bonds. The highest BCUT2D eigenvalue weighted by Crippen LogP contribution is 2.30. The van der Waals surface area contributed by atoms with Gasteiger partial charge in [-0.05, 0) is 56.0 Å². The maximum absolute atomic E-state index is 13.5. The molecule has 0 aliphatic heterocycles. The van der Waals surface area contributed by atoms with Gasteiger partial charge in [0.1, 0.15) is 11.8 Å². The van der Waals surface area contributed by atoms with Crippen LogP contribution in [-0.4, -0.2) is 57.1 Å². The van der Waals surface area contributed by atoms with Crippen LogP contribution in [0.1, 0.15) is 52.0 Å². The Balaban J connectivity index is 2.27. The number of carbonyl (C=O) groups excluding carboxylic acids is 2. The first-order chi connectivity index (χ1) is 18.0. The van der Waals surface area contributed by atoms with E-state index < -0.39 is 16.1 Å². The molecule has 2 aromatic carbocycles. The first-order valence-electron chi connectivity index (χ1n) is 12.7. The van der Waals surface area contributed by atoms with Gasteiger partial charge < -0.3 is 15.0 Å². The summed E-state index contributed by atoms with van der Waals surface area (Å²) in [5.74, 6) is -0.0679.